The second-order valence-electron chi connectivity index (χ2n) is 6.85. The van der Waals surface area contributed by atoms with Crippen molar-refractivity contribution in [2.75, 3.05) is 32.8 Å². The highest BCUT2D eigenvalue weighted by Crippen LogP contribution is 2.32. The van der Waals surface area contributed by atoms with Crippen LogP contribution in [0.2, 0.25) is 5.02 Å². The van der Waals surface area contributed by atoms with E-state index in [2.05, 4.69) is 32.9 Å². The second kappa shape index (κ2) is 7.32. The summed E-state index contributed by atoms with van der Waals surface area (Å²) in [7, 11) is 0. The van der Waals surface area contributed by atoms with Crippen molar-refractivity contribution in [2.24, 2.45) is 0 Å². The topological polar surface area (TPSA) is 30.3 Å². The van der Waals surface area contributed by atoms with Gasteiger partial charge in [0, 0.05) is 30.2 Å². The molecule has 0 saturated carbocycles. The first-order chi connectivity index (χ1) is 12.2. The van der Waals surface area contributed by atoms with Crippen molar-refractivity contribution in [3.63, 3.8) is 0 Å². The van der Waals surface area contributed by atoms with Crippen LogP contribution in [0.15, 0.2) is 30.5 Å². The van der Waals surface area contributed by atoms with E-state index in [-0.39, 0.29) is 0 Å². The number of fused-ring (bicyclic) bond motifs is 1. The molecule has 0 bridgehead atoms. The molecule has 4 nitrogen and oxygen atoms in total. The molecule has 1 aromatic heterocycles. The molecule has 1 saturated heterocycles. The molecule has 4 rings (SSSR count). The van der Waals surface area contributed by atoms with Crippen LogP contribution in [0.5, 0.6) is 0 Å². The number of hydrogen-bond acceptors (Lipinski definition) is 3. The van der Waals surface area contributed by atoms with Crippen LogP contribution in [-0.2, 0) is 11.2 Å². The third kappa shape index (κ3) is 3.52. The van der Waals surface area contributed by atoms with E-state index in [4.69, 9.17) is 16.3 Å². The van der Waals surface area contributed by atoms with Gasteiger partial charge in [0.05, 0.1) is 30.8 Å². The fourth-order valence-electron chi connectivity index (χ4n) is 3.63. The first-order valence-corrected chi connectivity index (χ1v) is 9.43. The summed E-state index contributed by atoms with van der Waals surface area (Å²) in [4.78, 5) is 2.45. The van der Waals surface area contributed by atoms with Gasteiger partial charge < -0.3 is 4.74 Å². The van der Waals surface area contributed by atoms with E-state index in [1.807, 2.05) is 19.2 Å². The summed E-state index contributed by atoms with van der Waals surface area (Å²) in [6, 6.07) is 6.17. The van der Waals surface area contributed by atoms with Crippen molar-refractivity contribution < 1.29 is 4.74 Å². The smallest absolute Gasteiger partial charge is 0.0664 e. The Morgan fingerprint density at radius 3 is 2.88 bits per heavy atom. The highest BCUT2D eigenvalue weighted by atomic mass is 35.5. The van der Waals surface area contributed by atoms with Crippen molar-refractivity contribution in [1.29, 1.82) is 0 Å². The minimum Gasteiger partial charge on any atom is -0.379 e. The van der Waals surface area contributed by atoms with Crippen molar-refractivity contribution in [1.82, 2.24) is 14.7 Å². The van der Waals surface area contributed by atoms with Crippen LogP contribution in [-0.4, -0.2) is 47.5 Å². The first-order valence-electron chi connectivity index (χ1n) is 9.05. The monoisotopic (exact) mass is 357 g/mol. The number of allylic oxidation sites excluding steroid dienone is 1. The Bertz CT molecular complexity index is 790. The molecule has 25 heavy (non-hydrogen) atoms. The van der Waals surface area contributed by atoms with Gasteiger partial charge in [-0.3, -0.25) is 4.90 Å². The van der Waals surface area contributed by atoms with E-state index >= 15 is 0 Å². The minimum atomic E-state index is 0.792. The number of halogens is 1. The van der Waals surface area contributed by atoms with Crippen LogP contribution in [0.4, 0.5) is 0 Å². The van der Waals surface area contributed by atoms with Gasteiger partial charge >= 0.3 is 0 Å². The Balaban J connectivity index is 1.60. The minimum absolute atomic E-state index is 0.792. The van der Waals surface area contributed by atoms with Crippen LogP contribution in [0.3, 0.4) is 0 Å². The molecule has 0 atom stereocenters. The van der Waals surface area contributed by atoms with Crippen LogP contribution in [0.25, 0.3) is 11.3 Å². The molecule has 5 heteroatoms. The van der Waals surface area contributed by atoms with Gasteiger partial charge in [-0.05, 0) is 49.5 Å². The molecule has 132 valence electrons. The Kier molecular flexibility index (Phi) is 4.93. The van der Waals surface area contributed by atoms with Gasteiger partial charge in [-0.1, -0.05) is 23.7 Å². The van der Waals surface area contributed by atoms with Crippen molar-refractivity contribution >= 4 is 17.2 Å². The fraction of sp³-hybridized carbons (Fsp3) is 0.450. The van der Waals surface area contributed by atoms with Gasteiger partial charge in [-0.15, -0.1) is 0 Å². The molecule has 1 aliphatic carbocycles. The normalized spacial score (nSPS) is 20.0. The maximum atomic E-state index is 6.31. The summed E-state index contributed by atoms with van der Waals surface area (Å²) in [5.74, 6) is 0. The number of aromatic nitrogens is 2. The highest BCUT2D eigenvalue weighted by molar-refractivity contribution is 6.31. The molecule has 0 unspecified atom stereocenters. The molecule has 0 N–H and O–H groups in total. The SMILES string of the molecule is Cc1ccc(-n2ncc3c2CCC/C3=C\CN2CCOCC2)cc1Cl. The molecule has 2 heterocycles. The van der Waals surface area contributed by atoms with Crippen LogP contribution >= 0.6 is 11.6 Å². The van der Waals surface area contributed by atoms with Gasteiger partial charge in [-0.25, -0.2) is 4.68 Å². The molecule has 0 radical (unpaired) electrons. The van der Waals surface area contributed by atoms with Crippen molar-refractivity contribution in [3.8, 4) is 5.69 Å². The number of ether oxygens (including phenoxy) is 1. The number of aryl methyl sites for hydroxylation is 1. The zero-order chi connectivity index (χ0) is 17.2. The predicted octanol–water partition coefficient (Wildman–Crippen LogP) is 3.89. The average Bonchev–Trinajstić information content (AvgIpc) is 3.08. The number of hydrogen-bond donors (Lipinski definition) is 0. The summed E-state index contributed by atoms with van der Waals surface area (Å²) < 4.78 is 7.49. The van der Waals surface area contributed by atoms with Gasteiger partial charge in [-0.2, -0.15) is 5.10 Å². The lowest BCUT2D eigenvalue weighted by molar-refractivity contribution is 0.0434. The fourth-order valence-corrected chi connectivity index (χ4v) is 3.81. The van der Waals surface area contributed by atoms with Crippen molar-refractivity contribution in [3.05, 3.63) is 52.3 Å². The van der Waals surface area contributed by atoms with Crippen molar-refractivity contribution in [2.45, 2.75) is 26.2 Å². The van der Waals surface area contributed by atoms with E-state index in [9.17, 15) is 0 Å². The van der Waals surface area contributed by atoms with E-state index in [1.165, 1.54) is 23.3 Å². The van der Waals surface area contributed by atoms with Gasteiger partial charge in [0.2, 0.25) is 0 Å². The molecule has 0 amide bonds. The molecule has 0 spiro atoms. The maximum Gasteiger partial charge on any atom is 0.0664 e. The Morgan fingerprint density at radius 2 is 2.08 bits per heavy atom. The molecule has 2 aromatic rings. The Hall–Kier alpha value is -1.62. The van der Waals surface area contributed by atoms with Crippen LogP contribution < -0.4 is 0 Å². The number of rotatable bonds is 3. The summed E-state index contributed by atoms with van der Waals surface area (Å²) in [6.07, 6.45) is 7.78. The largest absolute Gasteiger partial charge is 0.379 e. The molecular weight excluding hydrogens is 334 g/mol. The lowest BCUT2D eigenvalue weighted by atomic mass is 9.92. The van der Waals surface area contributed by atoms with Gasteiger partial charge in [0.15, 0.2) is 0 Å². The van der Waals surface area contributed by atoms with Gasteiger partial charge in [0.25, 0.3) is 0 Å². The third-order valence-electron chi connectivity index (χ3n) is 5.17. The number of benzene rings is 1. The standard InChI is InChI=1S/C20H24ClN3O/c1-15-5-6-17(13-19(15)21)24-20-4-2-3-16(18(20)14-22-24)7-8-23-9-11-25-12-10-23/h5-7,13-14H,2-4,8-12H2,1H3/b16-7+. The first kappa shape index (κ1) is 16.8. The van der Waals surface area contributed by atoms with Crippen LogP contribution in [0, 0.1) is 6.92 Å². The molecular formula is C20H24ClN3O. The third-order valence-corrected chi connectivity index (χ3v) is 5.58. The van der Waals surface area contributed by atoms with E-state index < -0.39 is 0 Å². The summed E-state index contributed by atoms with van der Waals surface area (Å²) >= 11 is 6.31. The lowest BCUT2D eigenvalue weighted by Crippen LogP contribution is -2.36. The molecule has 1 aromatic carbocycles. The van der Waals surface area contributed by atoms with Gasteiger partial charge in [0.1, 0.15) is 0 Å². The quantitative estimate of drug-likeness (QED) is 0.835. The zero-order valence-electron chi connectivity index (χ0n) is 14.7. The van der Waals surface area contributed by atoms with E-state index in [0.29, 0.717) is 0 Å². The summed E-state index contributed by atoms with van der Waals surface area (Å²) in [5.41, 5.74) is 6.18. The predicted molar refractivity (Wildman–Crippen MR) is 101 cm³/mol. The maximum absolute atomic E-state index is 6.31. The molecule has 2 aliphatic rings. The summed E-state index contributed by atoms with van der Waals surface area (Å²) in [6.45, 7) is 6.77. The highest BCUT2D eigenvalue weighted by Gasteiger charge is 2.20. The average molecular weight is 358 g/mol. The molecule has 1 fully saturated rings. The Morgan fingerprint density at radius 1 is 1.24 bits per heavy atom. The molecule has 1 aliphatic heterocycles. The van der Waals surface area contributed by atoms with E-state index in [1.54, 1.807) is 0 Å². The number of nitrogens with zero attached hydrogens (tertiary/aromatic N) is 3. The van der Waals surface area contributed by atoms with Crippen LogP contribution in [0.1, 0.15) is 29.7 Å². The number of morpholine rings is 1. The Labute approximate surface area is 154 Å². The lowest BCUT2D eigenvalue weighted by Gasteiger charge is -2.26. The van der Waals surface area contributed by atoms with E-state index in [0.717, 1.165) is 62.0 Å². The summed E-state index contributed by atoms with van der Waals surface area (Å²) in [5, 5.41) is 5.46. The zero-order valence-corrected chi connectivity index (χ0v) is 15.4. The second-order valence-corrected chi connectivity index (χ2v) is 7.25.